The lowest BCUT2D eigenvalue weighted by Gasteiger charge is -2.02. The summed E-state index contributed by atoms with van der Waals surface area (Å²) in [5.74, 6) is -0.121. The summed E-state index contributed by atoms with van der Waals surface area (Å²) in [6.07, 6.45) is 3.30. The van der Waals surface area contributed by atoms with Crippen LogP contribution < -0.4 is 5.32 Å². The van der Waals surface area contributed by atoms with Gasteiger partial charge in [0.2, 0.25) is 5.58 Å². The van der Waals surface area contributed by atoms with Gasteiger partial charge in [-0.25, -0.2) is 9.97 Å². The zero-order valence-electron chi connectivity index (χ0n) is 16.3. The van der Waals surface area contributed by atoms with Crippen molar-refractivity contribution in [3.63, 3.8) is 0 Å². The first-order valence-corrected chi connectivity index (χ1v) is 9.39. The van der Waals surface area contributed by atoms with Crippen molar-refractivity contribution in [2.45, 2.75) is 13.5 Å². The van der Waals surface area contributed by atoms with Crippen molar-refractivity contribution in [2.75, 3.05) is 0 Å². The number of carbonyl (C=O) groups is 1. The highest BCUT2D eigenvalue weighted by Crippen LogP contribution is 2.31. The van der Waals surface area contributed by atoms with Crippen molar-refractivity contribution >= 4 is 17.0 Å². The molecule has 0 atom stereocenters. The minimum absolute atomic E-state index is 0.0323. The normalized spacial score (nSPS) is 11.0. The van der Waals surface area contributed by atoms with E-state index in [1.54, 1.807) is 31.5 Å². The summed E-state index contributed by atoms with van der Waals surface area (Å²) in [6, 6.07) is 13.2. The number of nitrogens with one attached hydrogen (secondary N) is 1. The van der Waals surface area contributed by atoms with Crippen LogP contribution in [0.4, 0.5) is 0 Å². The maximum absolute atomic E-state index is 12.4. The van der Waals surface area contributed by atoms with Gasteiger partial charge in [0.15, 0.2) is 5.69 Å². The van der Waals surface area contributed by atoms with Crippen LogP contribution in [0.2, 0.25) is 0 Å². The zero-order valence-corrected chi connectivity index (χ0v) is 16.3. The van der Waals surface area contributed by atoms with E-state index in [-0.39, 0.29) is 17.5 Å². The minimum atomic E-state index is -0.501. The summed E-state index contributed by atoms with van der Waals surface area (Å²) in [4.78, 5) is 25.2. The fourth-order valence-electron chi connectivity index (χ4n) is 3.05. The van der Waals surface area contributed by atoms with E-state index in [2.05, 4.69) is 35.6 Å². The number of nitrogens with zero attached hydrogens (tertiary/aromatic N) is 6. The molecule has 5 aromatic rings. The number of rotatable bonds is 5. The number of fused-ring (bicyclic) bond motifs is 1. The first-order valence-electron chi connectivity index (χ1n) is 9.39. The van der Waals surface area contributed by atoms with Crippen molar-refractivity contribution in [1.82, 2.24) is 35.6 Å². The number of aromatic nitrogens is 6. The predicted molar refractivity (Wildman–Crippen MR) is 108 cm³/mol. The standard InChI is InChI=1S/C21H15N7O3/c1-12-24-15(14-5-3-2-4-6-14)18-16(25-12)17(28-31-18)20-26-27-21(30-20)19(29)23-11-13-7-9-22-10-8-13/h2-10H,11H2,1H3,(H,23,29). The summed E-state index contributed by atoms with van der Waals surface area (Å²) in [6.45, 7) is 2.08. The smallest absolute Gasteiger partial charge is 0.309 e. The second kappa shape index (κ2) is 7.75. The molecule has 0 aliphatic rings. The molecule has 10 heteroatoms. The average Bonchev–Trinajstić information content (AvgIpc) is 3.45. The molecule has 0 radical (unpaired) electrons. The predicted octanol–water partition coefficient (Wildman–Crippen LogP) is 2.97. The van der Waals surface area contributed by atoms with Crippen LogP contribution >= 0.6 is 0 Å². The van der Waals surface area contributed by atoms with E-state index in [1.165, 1.54) is 0 Å². The van der Waals surface area contributed by atoms with Gasteiger partial charge in [0.1, 0.15) is 17.0 Å². The number of hydrogen-bond acceptors (Lipinski definition) is 9. The second-order valence-electron chi connectivity index (χ2n) is 6.64. The summed E-state index contributed by atoms with van der Waals surface area (Å²) in [5.41, 5.74) is 3.44. The SMILES string of the molecule is Cc1nc(-c2ccccc2)c2onc(-c3nnc(C(=O)NCc4ccncc4)o3)c2n1. The Labute approximate surface area is 175 Å². The van der Waals surface area contributed by atoms with E-state index in [9.17, 15) is 4.79 Å². The second-order valence-corrected chi connectivity index (χ2v) is 6.64. The molecule has 0 aliphatic carbocycles. The van der Waals surface area contributed by atoms with Gasteiger partial charge in [0, 0.05) is 24.5 Å². The third-order valence-electron chi connectivity index (χ3n) is 4.50. The van der Waals surface area contributed by atoms with Gasteiger partial charge in [-0.2, -0.15) is 0 Å². The largest absolute Gasteiger partial charge is 0.410 e. The molecule has 0 saturated heterocycles. The van der Waals surface area contributed by atoms with Gasteiger partial charge >= 0.3 is 11.8 Å². The van der Waals surface area contributed by atoms with Gasteiger partial charge in [-0.3, -0.25) is 9.78 Å². The zero-order chi connectivity index (χ0) is 21.2. The Hall–Kier alpha value is -4.47. The molecule has 1 N–H and O–H groups in total. The van der Waals surface area contributed by atoms with Crippen LogP contribution in [0.3, 0.4) is 0 Å². The highest BCUT2D eigenvalue weighted by atomic mass is 16.5. The molecule has 0 saturated carbocycles. The summed E-state index contributed by atoms with van der Waals surface area (Å²) >= 11 is 0. The number of carbonyl (C=O) groups excluding carboxylic acids is 1. The van der Waals surface area contributed by atoms with E-state index in [1.807, 2.05) is 30.3 Å². The van der Waals surface area contributed by atoms with Crippen LogP contribution in [-0.2, 0) is 6.54 Å². The van der Waals surface area contributed by atoms with E-state index < -0.39 is 5.91 Å². The maximum atomic E-state index is 12.4. The van der Waals surface area contributed by atoms with Crippen molar-refractivity contribution < 1.29 is 13.7 Å². The van der Waals surface area contributed by atoms with Crippen LogP contribution in [0.15, 0.2) is 63.8 Å². The van der Waals surface area contributed by atoms with E-state index in [0.29, 0.717) is 29.2 Å². The molecule has 10 nitrogen and oxygen atoms in total. The lowest BCUT2D eigenvalue weighted by atomic mass is 10.1. The lowest BCUT2D eigenvalue weighted by Crippen LogP contribution is -2.23. The molecule has 5 rings (SSSR count). The van der Waals surface area contributed by atoms with Crippen molar-refractivity contribution in [3.05, 3.63) is 72.1 Å². The number of benzene rings is 1. The number of pyridine rings is 1. The highest BCUT2D eigenvalue weighted by Gasteiger charge is 2.24. The molecule has 0 aliphatic heterocycles. The molecule has 1 aromatic carbocycles. The summed E-state index contributed by atoms with van der Waals surface area (Å²) in [7, 11) is 0. The lowest BCUT2D eigenvalue weighted by molar-refractivity contribution is 0.0916. The number of amides is 1. The van der Waals surface area contributed by atoms with E-state index in [0.717, 1.165) is 11.1 Å². The molecular formula is C21H15N7O3. The monoisotopic (exact) mass is 413 g/mol. The Morgan fingerprint density at radius 3 is 2.61 bits per heavy atom. The topological polar surface area (TPSA) is 133 Å². The molecule has 0 fully saturated rings. The maximum Gasteiger partial charge on any atom is 0.309 e. The molecule has 4 heterocycles. The Bertz CT molecular complexity index is 1360. The quantitative estimate of drug-likeness (QED) is 0.461. The van der Waals surface area contributed by atoms with Crippen molar-refractivity contribution in [3.8, 4) is 22.8 Å². The number of hydrogen-bond donors (Lipinski definition) is 1. The number of aryl methyl sites for hydroxylation is 1. The molecule has 31 heavy (non-hydrogen) atoms. The molecule has 0 spiro atoms. The summed E-state index contributed by atoms with van der Waals surface area (Å²) in [5, 5.41) is 14.5. The third kappa shape index (κ3) is 3.62. The first-order chi connectivity index (χ1) is 15.2. The van der Waals surface area contributed by atoms with Gasteiger partial charge in [0.05, 0.1) is 0 Å². The van der Waals surface area contributed by atoms with Crippen LogP contribution in [0.1, 0.15) is 22.1 Å². The van der Waals surface area contributed by atoms with Crippen LogP contribution in [-0.4, -0.2) is 36.2 Å². The van der Waals surface area contributed by atoms with E-state index >= 15 is 0 Å². The van der Waals surface area contributed by atoms with Gasteiger partial charge in [-0.05, 0) is 24.6 Å². The Morgan fingerprint density at radius 2 is 1.81 bits per heavy atom. The molecule has 152 valence electrons. The van der Waals surface area contributed by atoms with Crippen LogP contribution in [0.25, 0.3) is 33.9 Å². The van der Waals surface area contributed by atoms with Crippen LogP contribution in [0.5, 0.6) is 0 Å². The fourth-order valence-corrected chi connectivity index (χ4v) is 3.05. The molecule has 0 bridgehead atoms. The Morgan fingerprint density at radius 1 is 1.00 bits per heavy atom. The Balaban J connectivity index is 1.45. The van der Waals surface area contributed by atoms with E-state index in [4.69, 9.17) is 8.94 Å². The molecule has 1 amide bonds. The highest BCUT2D eigenvalue weighted by molar-refractivity contribution is 5.94. The summed E-state index contributed by atoms with van der Waals surface area (Å²) < 4.78 is 11.1. The first kappa shape index (κ1) is 18.6. The van der Waals surface area contributed by atoms with Crippen LogP contribution in [0, 0.1) is 6.92 Å². The van der Waals surface area contributed by atoms with Gasteiger partial charge in [0.25, 0.3) is 5.89 Å². The van der Waals surface area contributed by atoms with Gasteiger partial charge < -0.3 is 14.3 Å². The van der Waals surface area contributed by atoms with Gasteiger partial charge in [-0.1, -0.05) is 35.5 Å². The minimum Gasteiger partial charge on any atom is -0.410 e. The Kier molecular flexibility index (Phi) is 4.64. The molecule has 0 unspecified atom stereocenters. The van der Waals surface area contributed by atoms with Crippen molar-refractivity contribution in [2.24, 2.45) is 0 Å². The fraction of sp³-hybridized carbons (Fsp3) is 0.0952. The molecule has 4 aromatic heterocycles. The van der Waals surface area contributed by atoms with Gasteiger partial charge in [-0.15, -0.1) is 10.2 Å². The average molecular weight is 413 g/mol. The third-order valence-corrected chi connectivity index (χ3v) is 4.50. The molecular weight excluding hydrogens is 398 g/mol. The van der Waals surface area contributed by atoms with Crippen molar-refractivity contribution in [1.29, 1.82) is 0 Å².